The fourth-order valence-electron chi connectivity index (χ4n) is 3.30. The van der Waals surface area contributed by atoms with Gasteiger partial charge in [0.25, 0.3) is 0 Å². The molecule has 7 N–H and O–H groups in total. The van der Waals surface area contributed by atoms with E-state index in [9.17, 15) is 23.1 Å². The molecule has 2 aromatic rings. The van der Waals surface area contributed by atoms with Gasteiger partial charge in [-0.1, -0.05) is 54.0 Å². The normalized spacial score (nSPS) is 14.1. The number of aliphatic hydroxyl groups is 1. The SMILES string of the molecule is CC(C)CC(NC(=O)C(NS(=O)(=O)c1ccc(Br)cc1)C(C)O)C(=O)NCc1ccc(C(=N)N)cc1. The van der Waals surface area contributed by atoms with Crippen molar-refractivity contribution in [3.63, 3.8) is 0 Å². The fraction of sp³-hybridized carbons (Fsp3) is 0.375. The molecule has 196 valence electrons. The van der Waals surface area contributed by atoms with Crippen LogP contribution in [0.15, 0.2) is 57.9 Å². The standard InChI is InChI=1S/C24H32BrN5O5S/c1-14(2)12-20(23(32)28-13-16-4-6-17(7-5-16)22(26)27)29-24(33)21(15(3)31)30-36(34,35)19-10-8-18(25)9-11-19/h4-11,14-15,20-21,30-31H,12-13H2,1-3H3,(H3,26,27)(H,28,32)(H,29,33). The number of amidine groups is 1. The Morgan fingerprint density at radius 1 is 1.03 bits per heavy atom. The van der Waals surface area contributed by atoms with Crippen LogP contribution in [-0.2, 0) is 26.2 Å². The van der Waals surface area contributed by atoms with Gasteiger partial charge in [0.2, 0.25) is 21.8 Å². The highest BCUT2D eigenvalue weighted by Gasteiger charge is 2.32. The molecule has 3 unspecified atom stereocenters. The van der Waals surface area contributed by atoms with Gasteiger partial charge in [-0.3, -0.25) is 15.0 Å². The summed E-state index contributed by atoms with van der Waals surface area (Å²) in [6.45, 7) is 5.23. The van der Waals surface area contributed by atoms with E-state index in [0.717, 1.165) is 5.56 Å². The number of amides is 2. The summed E-state index contributed by atoms with van der Waals surface area (Å²) in [5, 5.41) is 23.0. The number of carbonyl (C=O) groups excluding carboxylic acids is 2. The second-order valence-corrected chi connectivity index (χ2v) is 11.4. The molecule has 0 fully saturated rings. The first kappa shape index (κ1) is 29.4. The molecule has 0 aromatic heterocycles. The van der Waals surface area contributed by atoms with E-state index < -0.39 is 40.0 Å². The summed E-state index contributed by atoms with van der Waals surface area (Å²) >= 11 is 3.24. The van der Waals surface area contributed by atoms with Crippen molar-refractivity contribution in [3.8, 4) is 0 Å². The fourth-order valence-corrected chi connectivity index (χ4v) is 4.83. The number of nitrogens with two attached hydrogens (primary N) is 1. The maximum atomic E-state index is 13.0. The molecular weight excluding hydrogens is 550 g/mol. The zero-order valence-corrected chi connectivity index (χ0v) is 22.7. The molecule has 36 heavy (non-hydrogen) atoms. The topological polar surface area (TPSA) is 174 Å². The second kappa shape index (κ2) is 12.9. The van der Waals surface area contributed by atoms with Gasteiger partial charge in [-0.05, 0) is 49.1 Å². The summed E-state index contributed by atoms with van der Waals surface area (Å²) in [6, 6.07) is 10.1. The van der Waals surface area contributed by atoms with Crippen molar-refractivity contribution < 1.29 is 23.1 Å². The summed E-state index contributed by atoms with van der Waals surface area (Å²) in [5.74, 6) is -1.29. The van der Waals surface area contributed by atoms with Crippen LogP contribution in [0.3, 0.4) is 0 Å². The lowest BCUT2D eigenvalue weighted by Crippen LogP contribution is -2.57. The largest absolute Gasteiger partial charge is 0.391 e. The summed E-state index contributed by atoms with van der Waals surface area (Å²) < 4.78 is 28.5. The van der Waals surface area contributed by atoms with E-state index in [2.05, 4.69) is 31.3 Å². The van der Waals surface area contributed by atoms with Crippen LogP contribution >= 0.6 is 15.9 Å². The van der Waals surface area contributed by atoms with Crippen molar-refractivity contribution in [2.75, 3.05) is 0 Å². The minimum absolute atomic E-state index is 0.0420. The van der Waals surface area contributed by atoms with E-state index in [1.54, 1.807) is 36.4 Å². The number of halogens is 1. The van der Waals surface area contributed by atoms with Crippen LogP contribution in [0.1, 0.15) is 38.3 Å². The molecule has 0 bridgehead atoms. The Hall–Kier alpha value is -2.80. The van der Waals surface area contributed by atoms with E-state index in [-0.39, 0.29) is 23.2 Å². The van der Waals surface area contributed by atoms with Crippen LogP contribution in [0.25, 0.3) is 0 Å². The minimum atomic E-state index is -4.12. The van der Waals surface area contributed by atoms with Gasteiger partial charge in [0.15, 0.2) is 0 Å². The highest BCUT2D eigenvalue weighted by molar-refractivity contribution is 9.10. The van der Waals surface area contributed by atoms with E-state index in [4.69, 9.17) is 11.1 Å². The van der Waals surface area contributed by atoms with Crippen molar-refractivity contribution in [3.05, 3.63) is 64.1 Å². The number of nitrogen functional groups attached to an aromatic ring is 1. The van der Waals surface area contributed by atoms with Gasteiger partial charge < -0.3 is 21.5 Å². The average molecular weight is 583 g/mol. The first-order valence-corrected chi connectivity index (χ1v) is 13.5. The summed E-state index contributed by atoms with van der Waals surface area (Å²) in [6.07, 6.45) is -1.06. The predicted octanol–water partition coefficient (Wildman–Crippen LogP) is 1.61. The Labute approximate surface area is 219 Å². The molecule has 0 saturated heterocycles. The van der Waals surface area contributed by atoms with Gasteiger partial charge in [0.1, 0.15) is 17.9 Å². The Balaban J connectivity index is 2.12. The van der Waals surface area contributed by atoms with Crippen LogP contribution in [0, 0.1) is 11.3 Å². The molecule has 0 heterocycles. The lowest BCUT2D eigenvalue weighted by Gasteiger charge is -2.25. The van der Waals surface area contributed by atoms with E-state index in [1.807, 2.05) is 13.8 Å². The summed E-state index contributed by atoms with van der Waals surface area (Å²) in [7, 11) is -4.12. The quantitative estimate of drug-likeness (QED) is 0.164. The van der Waals surface area contributed by atoms with Gasteiger partial charge in [0, 0.05) is 16.6 Å². The van der Waals surface area contributed by atoms with Crippen LogP contribution in [0.4, 0.5) is 0 Å². The number of hydrogen-bond acceptors (Lipinski definition) is 6. The highest BCUT2D eigenvalue weighted by Crippen LogP contribution is 2.16. The first-order valence-electron chi connectivity index (χ1n) is 11.3. The van der Waals surface area contributed by atoms with E-state index in [1.165, 1.54) is 19.1 Å². The third-order valence-corrected chi connectivity index (χ3v) is 7.23. The maximum Gasteiger partial charge on any atom is 0.242 e. The Bertz CT molecular complexity index is 1170. The maximum absolute atomic E-state index is 13.0. The van der Waals surface area contributed by atoms with Crippen molar-refractivity contribution >= 4 is 43.6 Å². The first-order chi connectivity index (χ1) is 16.8. The third-order valence-electron chi connectivity index (χ3n) is 5.24. The summed E-state index contributed by atoms with van der Waals surface area (Å²) in [5.41, 5.74) is 6.78. The number of hydrogen-bond donors (Lipinski definition) is 6. The monoisotopic (exact) mass is 581 g/mol. The van der Waals surface area contributed by atoms with Crippen LogP contribution in [0.5, 0.6) is 0 Å². The molecule has 0 spiro atoms. The van der Waals surface area contributed by atoms with Gasteiger partial charge in [0.05, 0.1) is 11.0 Å². The Morgan fingerprint density at radius 2 is 1.61 bits per heavy atom. The Kier molecular flexibility index (Phi) is 10.6. The number of nitrogens with one attached hydrogen (secondary N) is 4. The molecule has 0 aliphatic carbocycles. The second-order valence-electron chi connectivity index (χ2n) is 8.81. The van der Waals surface area contributed by atoms with Crippen molar-refractivity contribution in [2.45, 2.75) is 56.8 Å². The average Bonchev–Trinajstić information content (AvgIpc) is 2.80. The number of aliphatic hydroxyl groups excluding tert-OH is 1. The minimum Gasteiger partial charge on any atom is -0.391 e. The number of carbonyl (C=O) groups is 2. The molecule has 0 radical (unpaired) electrons. The number of benzene rings is 2. The van der Waals surface area contributed by atoms with Gasteiger partial charge in [-0.15, -0.1) is 0 Å². The third kappa shape index (κ3) is 8.70. The smallest absolute Gasteiger partial charge is 0.242 e. The molecule has 3 atom stereocenters. The van der Waals surface area contributed by atoms with Crippen LogP contribution < -0.4 is 21.1 Å². The van der Waals surface area contributed by atoms with E-state index in [0.29, 0.717) is 16.5 Å². The van der Waals surface area contributed by atoms with Crippen LogP contribution in [-0.4, -0.2) is 49.4 Å². The molecule has 12 heteroatoms. The van der Waals surface area contributed by atoms with Gasteiger partial charge in [-0.2, -0.15) is 4.72 Å². The van der Waals surface area contributed by atoms with E-state index >= 15 is 0 Å². The Morgan fingerprint density at radius 3 is 2.11 bits per heavy atom. The molecule has 0 aliphatic rings. The van der Waals surface area contributed by atoms with Gasteiger partial charge >= 0.3 is 0 Å². The molecule has 10 nitrogen and oxygen atoms in total. The van der Waals surface area contributed by atoms with Crippen LogP contribution in [0.2, 0.25) is 0 Å². The lowest BCUT2D eigenvalue weighted by molar-refractivity contribution is -0.131. The summed E-state index contributed by atoms with van der Waals surface area (Å²) in [4.78, 5) is 25.8. The zero-order valence-electron chi connectivity index (χ0n) is 20.3. The molecule has 2 amide bonds. The number of sulfonamides is 1. The molecule has 2 rings (SSSR count). The molecule has 0 saturated carbocycles. The van der Waals surface area contributed by atoms with Gasteiger partial charge in [-0.25, -0.2) is 8.42 Å². The van der Waals surface area contributed by atoms with Crippen molar-refractivity contribution in [2.24, 2.45) is 11.7 Å². The highest BCUT2D eigenvalue weighted by atomic mass is 79.9. The predicted molar refractivity (Wildman–Crippen MR) is 141 cm³/mol. The zero-order chi connectivity index (χ0) is 27.0. The van der Waals surface area contributed by atoms with Crippen molar-refractivity contribution in [1.82, 2.24) is 15.4 Å². The lowest BCUT2D eigenvalue weighted by atomic mass is 10.0. The molecule has 2 aromatic carbocycles. The molecule has 0 aliphatic heterocycles. The van der Waals surface area contributed by atoms with Crippen molar-refractivity contribution in [1.29, 1.82) is 5.41 Å². The number of rotatable bonds is 12. The molecular formula is C24H32BrN5O5S.